The van der Waals surface area contributed by atoms with E-state index in [0.717, 1.165) is 38.5 Å². The van der Waals surface area contributed by atoms with Gasteiger partial charge in [-0.25, -0.2) is 0 Å². The number of nitrogens with two attached hydrogens (primary N) is 1. The second kappa shape index (κ2) is 6.02. The van der Waals surface area contributed by atoms with Crippen LogP contribution in [0.3, 0.4) is 0 Å². The zero-order chi connectivity index (χ0) is 12.1. The number of rotatable bonds is 0. The lowest BCUT2D eigenvalue weighted by molar-refractivity contribution is 0.0360. The topological polar surface area (TPSA) is 46.2 Å². The molecular weight excluding hydrogens is 198 g/mol. The summed E-state index contributed by atoms with van der Waals surface area (Å²) in [5.41, 5.74) is 5.88. The third kappa shape index (κ3) is 5.86. The van der Waals surface area contributed by atoms with Crippen molar-refractivity contribution in [2.75, 3.05) is 0 Å². The molecule has 1 fully saturated rings. The van der Waals surface area contributed by atoms with Crippen LogP contribution in [0, 0.1) is 0 Å². The molecule has 1 aliphatic rings. The fourth-order valence-electron chi connectivity index (χ4n) is 2.67. The Labute approximate surface area is 101 Å². The Hall–Kier alpha value is -0.0800. The molecule has 2 nitrogen and oxygen atoms in total. The Kier molecular flexibility index (Phi) is 5.26. The van der Waals surface area contributed by atoms with Gasteiger partial charge in [-0.2, -0.15) is 0 Å². The van der Waals surface area contributed by atoms with Gasteiger partial charge in [0, 0.05) is 5.54 Å². The SMILES string of the molecule is CC1(N)CCCCCC(C)(O)CCCCC1. The monoisotopic (exact) mass is 227 g/mol. The summed E-state index contributed by atoms with van der Waals surface area (Å²) in [7, 11) is 0. The zero-order valence-corrected chi connectivity index (χ0v) is 11.1. The van der Waals surface area contributed by atoms with Crippen molar-refractivity contribution in [3.63, 3.8) is 0 Å². The minimum atomic E-state index is -0.425. The first-order valence-corrected chi connectivity index (χ1v) is 6.93. The molecule has 0 bridgehead atoms. The normalized spacial score (nSPS) is 39.8. The lowest BCUT2D eigenvalue weighted by Gasteiger charge is -2.27. The number of hydrogen-bond donors (Lipinski definition) is 2. The van der Waals surface area contributed by atoms with Gasteiger partial charge in [-0.05, 0) is 39.5 Å². The van der Waals surface area contributed by atoms with E-state index in [1.54, 1.807) is 0 Å². The van der Waals surface area contributed by atoms with E-state index in [9.17, 15) is 5.11 Å². The highest BCUT2D eigenvalue weighted by Crippen LogP contribution is 2.26. The molecular formula is C14H29NO. The maximum absolute atomic E-state index is 10.1. The van der Waals surface area contributed by atoms with Gasteiger partial charge >= 0.3 is 0 Å². The van der Waals surface area contributed by atoms with Crippen LogP contribution < -0.4 is 5.73 Å². The number of aliphatic hydroxyl groups is 1. The van der Waals surface area contributed by atoms with E-state index in [2.05, 4.69) is 6.92 Å². The molecule has 0 aromatic heterocycles. The molecule has 0 saturated heterocycles. The molecule has 0 unspecified atom stereocenters. The maximum Gasteiger partial charge on any atom is 0.0619 e. The smallest absolute Gasteiger partial charge is 0.0619 e. The standard InChI is InChI=1S/C14H29NO/c1-13(15)9-5-3-7-11-14(2,16)12-8-4-6-10-13/h16H,3-12,15H2,1-2H3. The highest BCUT2D eigenvalue weighted by atomic mass is 16.3. The summed E-state index contributed by atoms with van der Waals surface area (Å²) in [6, 6.07) is 0. The average molecular weight is 227 g/mol. The van der Waals surface area contributed by atoms with E-state index in [-0.39, 0.29) is 5.54 Å². The van der Waals surface area contributed by atoms with E-state index in [1.807, 2.05) is 6.92 Å². The third-order valence-electron chi connectivity index (χ3n) is 3.93. The largest absolute Gasteiger partial charge is 0.390 e. The van der Waals surface area contributed by atoms with Gasteiger partial charge in [-0.3, -0.25) is 0 Å². The molecule has 3 N–H and O–H groups in total. The highest BCUT2D eigenvalue weighted by Gasteiger charge is 2.22. The van der Waals surface area contributed by atoms with Crippen molar-refractivity contribution >= 4 is 0 Å². The highest BCUT2D eigenvalue weighted by molar-refractivity contribution is 4.80. The summed E-state index contributed by atoms with van der Waals surface area (Å²) >= 11 is 0. The molecule has 2 heteroatoms. The molecule has 0 amide bonds. The quantitative estimate of drug-likeness (QED) is 0.666. The average Bonchev–Trinajstić information content (AvgIpc) is 2.14. The van der Waals surface area contributed by atoms with Crippen LogP contribution in [0.5, 0.6) is 0 Å². The summed E-state index contributed by atoms with van der Waals surface area (Å²) < 4.78 is 0. The van der Waals surface area contributed by atoms with Crippen LogP contribution >= 0.6 is 0 Å². The van der Waals surface area contributed by atoms with Crippen molar-refractivity contribution in [3.8, 4) is 0 Å². The van der Waals surface area contributed by atoms with Crippen molar-refractivity contribution in [2.45, 2.75) is 89.2 Å². The summed E-state index contributed by atoms with van der Waals surface area (Å²) in [4.78, 5) is 0. The summed E-state index contributed by atoms with van der Waals surface area (Å²) in [6.07, 6.45) is 11.3. The molecule has 96 valence electrons. The first-order valence-electron chi connectivity index (χ1n) is 6.93. The van der Waals surface area contributed by atoms with E-state index >= 15 is 0 Å². The van der Waals surface area contributed by atoms with Crippen molar-refractivity contribution in [1.82, 2.24) is 0 Å². The molecule has 16 heavy (non-hydrogen) atoms. The molecule has 0 aromatic carbocycles. The van der Waals surface area contributed by atoms with E-state index < -0.39 is 5.60 Å². The van der Waals surface area contributed by atoms with Gasteiger partial charge in [0.25, 0.3) is 0 Å². The molecule has 1 rings (SSSR count). The minimum Gasteiger partial charge on any atom is -0.390 e. The molecule has 0 heterocycles. The lowest BCUT2D eigenvalue weighted by atomic mass is 9.85. The van der Waals surface area contributed by atoms with Crippen LogP contribution in [0.1, 0.15) is 78.1 Å². The minimum absolute atomic E-state index is 0.0434. The van der Waals surface area contributed by atoms with E-state index in [0.29, 0.717) is 0 Å². The van der Waals surface area contributed by atoms with Gasteiger partial charge in [0.2, 0.25) is 0 Å². The van der Waals surface area contributed by atoms with E-state index in [4.69, 9.17) is 5.73 Å². The Morgan fingerprint density at radius 2 is 1.12 bits per heavy atom. The number of hydrogen-bond acceptors (Lipinski definition) is 2. The molecule has 0 spiro atoms. The van der Waals surface area contributed by atoms with Crippen LogP contribution in [-0.4, -0.2) is 16.2 Å². The van der Waals surface area contributed by atoms with Gasteiger partial charge in [-0.15, -0.1) is 0 Å². The van der Waals surface area contributed by atoms with Crippen LogP contribution in [-0.2, 0) is 0 Å². The van der Waals surface area contributed by atoms with Gasteiger partial charge in [0.1, 0.15) is 0 Å². The van der Waals surface area contributed by atoms with Crippen LogP contribution in [0.15, 0.2) is 0 Å². The van der Waals surface area contributed by atoms with Crippen molar-refractivity contribution in [3.05, 3.63) is 0 Å². The predicted octanol–water partition coefficient (Wildman–Crippen LogP) is 3.37. The van der Waals surface area contributed by atoms with Crippen LogP contribution in [0.2, 0.25) is 0 Å². The second-order valence-electron chi connectivity index (χ2n) is 6.27. The zero-order valence-electron chi connectivity index (χ0n) is 11.1. The lowest BCUT2D eigenvalue weighted by Crippen LogP contribution is -2.36. The first kappa shape index (κ1) is 14.0. The summed E-state index contributed by atoms with van der Waals surface area (Å²) in [5.74, 6) is 0. The summed E-state index contributed by atoms with van der Waals surface area (Å²) in [5, 5.41) is 10.1. The Morgan fingerprint density at radius 1 is 0.750 bits per heavy atom. The van der Waals surface area contributed by atoms with Gasteiger partial charge < -0.3 is 10.8 Å². The fourth-order valence-corrected chi connectivity index (χ4v) is 2.67. The van der Waals surface area contributed by atoms with Gasteiger partial charge in [-0.1, -0.05) is 38.5 Å². The fraction of sp³-hybridized carbons (Fsp3) is 1.00. The van der Waals surface area contributed by atoms with Gasteiger partial charge in [0.15, 0.2) is 0 Å². The van der Waals surface area contributed by atoms with Gasteiger partial charge in [0.05, 0.1) is 5.60 Å². The Bertz CT molecular complexity index is 161. The molecule has 0 atom stereocenters. The predicted molar refractivity (Wildman–Crippen MR) is 69.4 cm³/mol. The van der Waals surface area contributed by atoms with Crippen LogP contribution in [0.25, 0.3) is 0 Å². The third-order valence-corrected chi connectivity index (χ3v) is 3.93. The van der Waals surface area contributed by atoms with Crippen LogP contribution in [0.4, 0.5) is 0 Å². The first-order chi connectivity index (χ1) is 7.41. The molecule has 0 aliphatic heterocycles. The van der Waals surface area contributed by atoms with Crippen molar-refractivity contribution in [1.29, 1.82) is 0 Å². The maximum atomic E-state index is 10.1. The Balaban J connectivity index is 2.39. The molecule has 0 aromatic rings. The van der Waals surface area contributed by atoms with Crippen molar-refractivity contribution < 1.29 is 5.11 Å². The second-order valence-corrected chi connectivity index (χ2v) is 6.27. The molecule has 0 radical (unpaired) electrons. The van der Waals surface area contributed by atoms with E-state index in [1.165, 1.54) is 25.7 Å². The summed E-state index contributed by atoms with van der Waals surface area (Å²) in [6.45, 7) is 4.18. The van der Waals surface area contributed by atoms with Crippen molar-refractivity contribution in [2.24, 2.45) is 5.73 Å². The Morgan fingerprint density at radius 3 is 1.56 bits per heavy atom. The molecule has 1 aliphatic carbocycles. The molecule has 1 saturated carbocycles.